The third kappa shape index (κ3) is 5.28. The highest BCUT2D eigenvalue weighted by Crippen LogP contribution is 2.30. The number of benzene rings is 1. The molecule has 0 radical (unpaired) electrons. The topological polar surface area (TPSA) is 95.1 Å². The van der Waals surface area contributed by atoms with E-state index in [0.717, 1.165) is 22.3 Å². The Balaban J connectivity index is 1.69. The molecule has 2 aliphatic heterocycles. The molecule has 1 amide bonds. The number of sulfonamides is 2. The largest absolute Gasteiger partial charge is 0.340 e. The van der Waals surface area contributed by atoms with Crippen molar-refractivity contribution in [2.75, 3.05) is 45.0 Å². The predicted molar refractivity (Wildman–Crippen MR) is 129 cm³/mol. The Morgan fingerprint density at radius 2 is 1.48 bits per heavy atom. The summed E-state index contributed by atoms with van der Waals surface area (Å²) in [5.74, 6) is -0.332. The van der Waals surface area contributed by atoms with Crippen LogP contribution in [-0.2, 0) is 24.8 Å². The van der Waals surface area contributed by atoms with Crippen molar-refractivity contribution in [3.8, 4) is 0 Å². The number of carbonyl (C=O) groups excluding carboxylic acids is 1. The van der Waals surface area contributed by atoms with Crippen molar-refractivity contribution in [3.63, 3.8) is 0 Å². The van der Waals surface area contributed by atoms with Gasteiger partial charge in [-0.3, -0.25) is 4.79 Å². The molecular formula is C23H37N3O5S2. The fourth-order valence-electron chi connectivity index (χ4n) is 4.89. The highest BCUT2D eigenvalue weighted by molar-refractivity contribution is 7.89. The number of hydrogen-bond acceptors (Lipinski definition) is 5. The maximum absolute atomic E-state index is 13.5. The molecule has 3 rings (SSSR count). The lowest BCUT2D eigenvalue weighted by molar-refractivity contribution is -0.137. The molecule has 2 heterocycles. The molecule has 0 bridgehead atoms. The summed E-state index contributed by atoms with van der Waals surface area (Å²) in [7, 11) is -7.00. The number of piperidine rings is 1. The lowest BCUT2D eigenvalue weighted by Gasteiger charge is -2.38. The number of amides is 1. The molecule has 1 unspecified atom stereocenters. The molecule has 2 aliphatic rings. The lowest BCUT2D eigenvalue weighted by Crippen LogP contribution is -2.54. The molecule has 33 heavy (non-hydrogen) atoms. The van der Waals surface area contributed by atoms with E-state index in [2.05, 4.69) is 0 Å². The fourth-order valence-corrected chi connectivity index (χ4v) is 8.47. The van der Waals surface area contributed by atoms with Gasteiger partial charge < -0.3 is 4.90 Å². The number of hydrogen-bond donors (Lipinski definition) is 0. The highest BCUT2D eigenvalue weighted by Gasteiger charge is 2.37. The zero-order valence-corrected chi connectivity index (χ0v) is 22.1. The average molecular weight is 500 g/mol. The summed E-state index contributed by atoms with van der Waals surface area (Å²) in [4.78, 5) is 15.2. The van der Waals surface area contributed by atoms with Crippen molar-refractivity contribution in [2.45, 2.75) is 58.8 Å². The Kier molecular flexibility index (Phi) is 7.93. The third-order valence-electron chi connectivity index (χ3n) is 7.03. The summed E-state index contributed by atoms with van der Waals surface area (Å²) in [5.41, 5.74) is 3.44. The first-order valence-electron chi connectivity index (χ1n) is 11.7. The Morgan fingerprint density at radius 3 is 2.03 bits per heavy atom. The van der Waals surface area contributed by atoms with Crippen LogP contribution in [0.4, 0.5) is 0 Å². The van der Waals surface area contributed by atoms with Crippen LogP contribution in [0.2, 0.25) is 0 Å². The molecule has 0 N–H and O–H groups in total. The maximum Gasteiger partial charge on any atom is 0.243 e. The maximum atomic E-state index is 13.5. The first-order chi connectivity index (χ1) is 15.4. The van der Waals surface area contributed by atoms with Gasteiger partial charge in [0.15, 0.2) is 0 Å². The molecule has 1 atom stereocenters. The first-order valence-corrected chi connectivity index (χ1v) is 14.8. The van der Waals surface area contributed by atoms with Crippen LogP contribution in [0.3, 0.4) is 0 Å². The number of aryl methyl sites for hydroxylation is 2. The summed E-state index contributed by atoms with van der Waals surface area (Å²) in [6.07, 6.45) is 1.88. The van der Waals surface area contributed by atoms with Gasteiger partial charge in [0.25, 0.3) is 0 Å². The van der Waals surface area contributed by atoms with E-state index in [1.165, 1.54) is 8.61 Å². The average Bonchev–Trinajstić information content (AvgIpc) is 2.77. The van der Waals surface area contributed by atoms with Crippen LogP contribution < -0.4 is 0 Å². The van der Waals surface area contributed by atoms with Crippen molar-refractivity contribution < 1.29 is 21.6 Å². The zero-order valence-electron chi connectivity index (χ0n) is 20.4. The van der Waals surface area contributed by atoms with Gasteiger partial charge in [-0.05, 0) is 69.2 Å². The summed E-state index contributed by atoms with van der Waals surface area (Å²) < 4.78 is 54.8. The first kappa shape index (κ1) is 26.1. The van der Waals surface area contributed by atoms with Crippen LogP contribution in [0.15, 0.2) is 11.0 Å². The molecule has 8 nitrogen and oxygen atoms in total. The van der Waals surface area contributed by atoms with Crippen molar-refractivity contribution in [3.05, 3.63) is 28.3 Å². The molecule has 0 spiro atoms. The molecule has 0 aliphatic carbocycles. The fraction of sp³-hybridized carbons (Fsp3) is 0.696. The Bertz CT molecular complexity index is 1080. The van der Waals surface area contributed by atoms with E-state index < -0.39 is 20.0 Å². The van der Waals surface area contributed by atoms with E-state index in [4.69, 9.17) is 0 Å². The van der Waals surface area contributed by atoms with Crippen LogP contribution in [0.5, 0.6) is 0 Å². The number of nitrogens with zero attached hydrogens (tertiary/aromatic N) is 3. The Morgan fingerprint density at radius 1 is 0.909 bits per heavy atom. The van der Waals surface area contributed by atoms with Crippen LogP contribution in [-0.4, -0.2) is 81.3 Å². The van der Waals surface area contributed by atoms with E-state index in [-0.39, 0.29) is 37.2 Å². The van der Waals surface area contributed by atoms with Crippen molar-refractivity contribution in [2.24, 2.45) is 5.92 Å². The van der Waals surface area contributed by atoms with Gasteiger partial charge in [0.2, 0.25) is 26.0 Å². The van der Waals surface area contributed by atoms with Crippen molar-refractivity contribution in [1.29, 1.82) is 0 Å². The minimum atomic E-state index is -3.67. The summed E-state index contributed by atoms with van der Waals surface area (Å²) in [6.45, 7) is 11.2. The van der Waals surface area contributed by atoms with Gasteiger partial charge in [-0.25, -0.2) is 21.1 Å². The summed E-state index contributed by atoms with van der Waals surface area (Å²) in [6, 6.07) is 2.01. The molecule has 0 saturated carbocycles. The third-order valence-corrected chi connectivity index (χ3v) is 11.3. The molecule has 2 fully saturated rings. The van der Waals surface area contributed by atoms with E-state index in [9.17, 15) is 21.6 Å². The molecular weight excluding hydrogens is 462 g/mol. The SMILES string of the molecule is CCCS(=O)(=O)N1CCCC(C(=O)N2CCN(S(=O)(=O)c3c(C)c(C)cc(C)c3C)CC2)C1. The van der Waals surface area contributed by atoms with Crippen LogP contribution in [0.1, 0.15) is 48.4 Å². The van der Waals surface area contributed by atoms with Gasteiger partial charge in [0.05, 0.1) is 16.6 Å². The second-order valence-corrected chi connectivity index (χ2v) is 13.3. The molecule has 0 aromatic heterocycles. The van der Waals surface area contributed by atoms with Gasteiger partial charge in [0, 0.05) is 39.3 Å². The van der Waals surface area contributed by atoms with Crippen molar-refractivity contribution in [1.82, 2.24) is 13.5 Å². The Labute approximate surface area is 199 Å². The molecule has 10 heteroatoms. The summed E-state index contributed by atoms with van der Waals surface area (Å²) in [5, 5.41) is 0. The normalized spacial score (nSPS) is 21.4. The zero-order chi connectivity index (χ0) is 24.6. The van der Waals surface area contributed by atoms with E-state index in [1.54, 1.807) is 4.90 Å². The number of rotatable bonds is 6. The molecule has 1 aromatic carbocycles. The van der Waals surface area contributed by atoms with Gasteiger partial charge in [-0.15, -0.1) is 0 Å². The van der Waals surface area contributed by atoms with Gasteiger partial charge in [-0.2, -0.15) is 4.31 Å². The van der Waals surface area contributed by atoms with Crippen LogP contribution >= 0.6 is 0 Å². The monoisotopic (exact) mass is 499 g/mol. The highest BCUT2D eigenvalue weighted by atomic mass is 32.2. The van der Waals surface area contributed by atoms with Gasteiger partial charge >= 0.3 is 0 Å². The molecule has 2 saturated heterocycles. The Hall–Kier alpha value is -1.49. The van der Waals surface area contributed by atoms with Crippen LogP contribution in [0.25, 0.3) is 0 Å². The number of carbonyl (C=O) groups is 1. The molecule has 1 aromatic rings. The van der Waals surface area contributed by atoms with Crippen LogP contribution in [0, 0.1) is 33.6 Å². The molecule has 186 valence electrons. The van der Waals surface area contributed by atoms with E-state index in [0.29, 0.717) is 43.8 Å². The minimum absolute atomic E-state index is 0.0674. The second kappa shape index (κ2) is 10.0. The summed E-state index contributed by atoms with van der Waals surface area (Å²) >= 11 is 0. The predicted octanol–water partition coefficient (Wildman–Crippen LogP) is 2.20. The smallest absolute Gasteiger partial charge is 0.243 e. The van der Waals surface area contributed by atoms with Gasteiger partial charge in [-0.1, -0.05) is 13.0 Å². The second-order valence-electron chi connectivity index (χ2n) is 9.33. The van der Waals surface area contributed by atoms with E-state index in [1.807, 2.05) is 40.7 Å². The van der Waals surface area contributed by atoms with Crippen molar-refractivity contribution >= 4 is 26.0 Å². The lowest BCUT2D eigenvalue weighted by atomic mass is 9.98. The quantitative estimate of drug-likeness (QED) is 0.598. The van der Waals surface area contributed by atoms with E-state index >= 15 is 0 Å². The standard InChI is InChI=1S/C23H37N3O5S2/c1-6-14-32(28,29)26-9-7-8-21(16-26)23(27)24-10-12-25(13-11-24)33(30,31)22-19(4)17(2)15-18(3)20(22)5/h15,21H,6-14,16H2,1-5H3. The van der Waals surface area contributed by atoms with Gasteiger partial charge in [0.1, 0.15) is 0 Å². The number of piperazine rings is 1. The minimum Gasteiger partial charge on any atom is -0.340 e.